The zero-order chi connectivity index (χ0) is 17.1. The van der Waals surface area contributed by atoms with Crippen LogP contribution in [0.2, 0.25) is 0 Å². The average Bonchev–Trinajstić information content (AvgIpc) is 2.53. The van der Waals surface area contributed by atoms with Gasteiger partial charge in [-0.15, -0.1) is 0 Å². The molecule has 0 radical (unpaired) electrons. The molecular formula is C19H31NO3. The van der Waals surface area contributed by atoms with Gasteiger partial charge in [0.2, 0.25) is 0 Å². The van der Waals surface area contributed by atoms with Gasteiger partial charge in [-0.1, -0.05) is 57.5 Å². The molecule has 0 heterocycles. The summed E-state index contributed by atoms with van der Waals surface area (Å²) in [5, 5.41) is 13.2. The number of aliphatic hydroxyl groups excluding tert-OH is 1. The number of benzene rings is 1. The van der Waals surface area contributed by atoms with Crippen molar-refractivity contribution in [3.8, 4) is 0 Å². The van der Waals surface area contributed by atoms with Gasteiger partial charge in [-0.2, -0.15) is 0 Å². The van der Waals surface area contributed by atoms with Gasteiger partial charge in [0.25, 0.3) is 0 Å². The minimum absolute atomic E-state index is 0.229. The fourth-order valence-electron chi connectivity index (χ4n) is 2.37. The van der Waals surface area contributed by atoms with Crippen molar-refractivity contribution in [2.75, 3.05) is 6.61 Å². The molecule has 0 aliphatic heterocycles. The highest BCUT2D eigenvalue weighted by Crippen LogP contribution is 2.21. The first-order chi connectivity index (χ1) is 11.0. The molecule has 0 aromatic heterocycles. The average molecular weight is 321 g/mol. The number of hydrogen-bond donors (Lipinski definition) is 2. The minimum atomic E-state index is -0.432. The molecule has 130 valence electrons. The highest BCUT2D eigenvalue weighted by atomic mass is 16.5. The van der Waals surface area contributed by atoms with Crippen LogP contribution in [0.5, 0.6) is 0 Å². The van der Waals surface area contributed by atoms with E-state index in [1.54, 1.807) is 0 Å². The van der Waals surface area contributed by atoms with Crippen LogP contribution in [0.4, 0.5) is 4.79 Å². The molecule has 23 heavy (non-hydrogen) atoms. The Labute approximate surface area is 140 Å². The second-order valence-electron chi connectivity index (χ2n) is 6.46. The Bertz CT molecular complexity index is 434. The Kier molecular flexibility index (Phi) is 9.37. The maximum atomic E-state index is 11.9. The van der Waals surface area contributed by atoms with E-state index in [9.17, 15) is 9.90 Å². The van der Waals surface area contributed by atoms with Crippen molar-refractivity contribution in [1.29, 1.82) is 0 Å². The molecule has 0 aliphatic carbocycles. The van der Waals surface area contributed by atoms with Crippen molar-refractivity contribution in [2.24, 2.45) is 5.92 Å². The number of carbonyl (C=O) groups is 1. The molecule has 0 fully saturated rings. The maximum absolute atomic E-state index is 11.9. The lowest BCUT2D eigenvalue weighted by Crippen LogP contribution is -2.32. The summed E-state index contributed by atoms with van der Waals surface area (Å²) in [5.74, 6) is 0.562. The molecule has 4 heteroatoms. The fraction of sp³-hybridized carbons (Fsp3) is 0.632. The first-order valence-corrected chi connectivity index (χ1v) is 8.69. The molecule has 1 rings (SSSR count). The molecule has 4 nitrogen and oxygen atoms in total. The van der Waals surface area contributed by atoms with E-state index >= 15 is 0 Å². The smallest absolute Gasteiger partial charge is 0.407 e. The summed E-state index contributed by atoms with van der Waals surface area (Å²) in [7, 11) is 0. The van der Waals surface area contributed by atoms with E-state index in [4.69, 9.17) is 4.74 Å². The molecule has 2 N–H and O–H groups in total. The second kappa shape index (κ2) is 11.1. The Morgan fingerprint density at radius 1 is 1.22 bits per heavy atom. The van der Waals surface area contributed by atoms with Crippen LogP contribution in [0.3, 0.4) is 0 Å². The van der Waals surface area contributed by atoms with Gasteiger partial charge in [-0.25, -0.2) is 4.79 Å². The number of alkyl carbamates (subject to hydrolysis) is 1. The third-order valence-electron chi connectivity index (χ3n) is 3.81. The number of amides is 1. The Balaban J connectivity index is 2.61. The molecule has 2 atom stereocenters. The molecule has 0 aliphatic rings. The predicted octanol–water partition coefficient (Wildman–Crippen LogP) is 4.44. The van der Waals surface area contributed by atoms with Crippen LogP contribution < -0.4 is 5.32 Å². The van der Waals surface area contributed by atoms with Crippen LogP contribution in [0.25, 0.3) is 0 Å². The van der Waals surface area contributed by atoms with Gasteiger partial charge in [0.05, 0.1) is 18.8 Å². The Hall–Kier alpha value is -1.55. The van der Waals surface area contributed by atoms with E-state index < -0.39 is 12.2 Å². The topological polar surface area (TPSA) is 58.6 Å². The van der Waals surface area contributed by atoms with Crippen molar-refractivity contribution in [2.45, 2.75) is 65.0 Å². The van der Waals surface area contributed by atoms with Crippen molar-refractivity contribution < 1.29 is 14.6 Å². The zero-order valence-electron chi connectivity index (χ0n) is 14.6. The molecular weight excluding hydrogens is 290 g/mol. The van der Waals surface area contributed by atoms with Gasteiger partial charge >= 0.3 is 6.09 Å². The first-order valence-electron chi connectivity index (χ1n) is 8.69. The van der Waals surface area contributed by atoms with Crippen molar-refractivity contribution >= 4 is 6.09 Å². The molecule has 1 aromatic rings. The van der Waals surface area contributed by atoms with Crippen LogP contribution in [-0.2, 0) is 4.74 Å². The molecule has 0 saturated heterocycles. The number of unbranched alkanes of at least 4 members (excludes halogenated alkanes) is 1. The number of aliphatic hydroxyl groups is 1. The van der Waals surface area contributed by atoms with Crippen molar-refractivity contribution in [1.82, 2.24) is 5.32 Å². The third kappa shape index (κ3) is 8.60. The quantitative estimate of drug-likeness (QED) is 0.626. The Morgan fingerprint density at radius 3 is 2.52 bits per heavy atom. The summed E-state index contributed by atoms with van der Waals surface area (Å²) in [6.07, 6.45) is 3.22. The van der Waals surface area contributed by atoms with Crippen LogP contribution in [0, 0.1) is 5.92 Å². The number of nitrogens with one attached hydrogen (secondary N) is 1. The summed E-state index contributed by atoms with van der Waals surface area (Å²) >= 11 is 0. The van der Waals surface area contributed by atoms with Gasteiger partial charge in [-0.05, 0) is 37.2 Å². The normalized spacial score (nSPS) is 13.6. The minimum Gasteiger partial charge on any atom is -0.450 e. The standard InChI is InChI=1S/C19H31NO3/c1-4-5-13-23-19(22)20-18(16-9-7-6-8-10-16)14-17(21)12-11-15(2)3/h6-10,15,17-18,21H,4-5,11-14H2,1-3H3,(H,20,22). The van der Waals surface area contributed by atoms with Gasteiger partial charge < -0.3 is 15.2 Å². The van der Waals surface area contributed by atoms with Gasteiger partial charge in [0, 0.05) is 0 Å². The van der Waals surface area contributed by atoms with E-state index in [1.807, 2.05) is 30.3 Å². The van der Waals surface area contributed by atoms with E-state index in [-0.39, 0.29) is 6.04 Å². The lowest BCUT2D eigenvalue weighted by Gasteiger charge is -2.22. The Morgan fingerprint density at radius 2 is 1.91 bits per heavy atom. The van der Waals surface area contributed by atoms with E-state index in [0.29, 0.717) is 18.9 Å². The van der Waals surface area contributed by atoms with Gasteiger partial charge in [-0.3, -0.25) is 0 Å². The zero-order valence-corrected chi connectivity index (χ0v) is 14.6. The van der Waals surface area contributed by atoms with E-state index in [1.165, 1.54) is 0 Å². The van der Waals surface area contributed by atoms with Crippen molar-refractivity contribution in [3.05, 3.63) is 35.9 Å². The number of rotatable bonds is 10. The van der Waals surface area contributed by atoms with Crippen molar-refractivity contribution in [3.63, 3.8) is 0 Å². The van der Waals surface area contributed by atoms with Gasteiger partial charge in [0.15, 0.2) is 0 Å². The molecule has 1 aromatic carbocycles. The molecule has 0 saturated carbocycles. The lowest BCUT2D eigenvalue weighted by atomic mass is 9.96. The third-order valence-corrected chi connectivity index (χ3v) is 3.81. The maximum Gasteiger partial charge on any atom is 0.407 e. The monoisotopic (exact) mass is 321 g/mol. The number of carbonyl (C=O) groups excluding carboxylic acids is 1. The fourth-order valence-corrected chi connectivity index (χ4v) is 2.37. The molecule has 0 spiro atoms. The van der Waals surface area contributed by atoms with Gasteiger partial charge in [0.1, 0.15) is 0 Å². The van der Waals surface area contributed by atoms with Crippen LogP contribution in [0.1, 0.15) is 64.5 Å². The first kappa shape index (κ1) is 19.5. The molecule has 1 amide bonds. The highest BCUT2D eigenvalue weighted by Gasteiger charge is 2.19. The molecule has 2 unspecified atom stereocenters. The van der Waals surface area contributed by atoms with E-state index in [2.05, 4.69) is 26.1 Å². The van der Waals surface area contributed by atoms with Crippen LogP contribution in [0.15, 0.2) is 30.3 Å². The molecule has 0 bridgehead atoms. The van der Waals surface area contributed by atoms with Crippen LogP contribution in [-0.4, -0.2) is 23.9 Å². The predicted molar refractivity (Wildman–Crippen MR) is 93.3 cm³/mol. The highest BCUT2D eigenvalue weighted by molar-refractivity contribution is 5.67. The second-order valence-corrected chi connectivity index (χ2v) is 6.46. The van der Waals surface area contributed by atoms with Crippen LogP contribution >= 0.6 is 0 Å². The lowest BCUT2D eigenvalue weighted by molar-refractivity contribution is 0.118. The number of hydrogen-bond acceptors (Lipinski definition) is 3. The number of ether oxygens (including phenoxy) is 1. The SMILES string of the molecule is CCCCOC(=O)NC(CC(O)CCC(C)C)c1ccccc1. The summed E-state index contributed by atoms with van der Waals surface area (Å²) in [5.41, 5.74) is 0.989. The summed E-state index contributed by atoms with van der Waals surface area (Å²) in [6.45, 7) is 6.77. The largest absolute Gasteiger partial charge is 0.450 e. The summed E-state index contributed by atoms with van der Waals surface area (Å²) in [4.78, 5) is 11.9. The summed E-state index contributed by atoms with van der Waals surface area (Å²) < 4.78 is 5.18. The van der Waals surface area contributed by atoms with E-state index in [0.717, 1.165) is 31.2 Å². The summed E-state index contributed by atoms with van der Waals surface area (Å²) in [6, 6.07) is 9.51.